The number of H-pyrrole nitrogens is 1. The zero-order chi connectivity index (χ0) is 22.1. The Morgan fingerprint density at radius 1 is 1.28 bits per heavy atom. The van der Waals surface area contributed by atoms with E-state index in [1.807, 2.05) is 35.2 Å². The molecule has 0 saturated carbocycles. The molecule has 6 nitrogen and oxygen atoms in total. The molecular formula is C25H24FN3O3. The quantitative estimate of drug-likeness (QED) is 0.485. The maximum absolute atomic E-state index is 13.4. The lowest BCUT2D eigenvalue weighted by Crippen LogP contribution is -2.39. The number of ether oxygens (including phenoxy) is 1. The molecule has 5 rings (SSSR count). The van der Waals surface area contributed by atoms with Gasteiger partial charge in [0.15, 0.2) is 5.89 Å². The number of carbonyl (C=O) groups is 1. The molecule has 7 heteroatoms. The number of benzene rings is 2. The monoisotopic (exact) mass is 433 g/mol. The minimum absolute atomic E-state index is 0.0351. The summed E-state index contributed by atoms with van der Waals surface area (Å²) in [6, 6.07) is 14.0. The van der Waals surface area contributed by atoms with Gasteiger partial charge in [-0.15, -0.1) is 0 Å². The molecule has 3 heterocycles. The van der Waals surface area contributed by atoms with Crippen LogP contribution in [0.2, 0.25) is 0 Å². The van der Waals surface area contributed by atoms with Gasteiger partial charge in [-0.1, -0.05) is 18.2 Å². The second-order valence-corrected chi connectivity index (χ2v) is 8.17. The molecular weight excluding hydrogens is 409 g/mol. The van der Waals surface area contributed by atoms with E-state index < -0.39 is 0 Å². The molecule has 164 valence electrons. The highest BCUT2D eigenvalue weighted by atomic mass is 19.1. The molecule has 0 aliphatic carbocycles. The zero-order valence-corrected chi connectivity index (χ0v) is 17.8. The Bertz CT molecular complexity index is 1260. The first-order chi connectivity index (χ1) is 15.6. The Hall–Kier alpha value is -3.61. The molecule has 2 aromatic heterocycles. The summed E-state index contributed by atoms with van der Waals surface area (Å²) >= 11 is 0. The van der Waals surface area contributed by atoms with Crippen molar-refractivity contribution >= 4 is 16.8 Å². The van der Waals surface area contributed by atoms with Crippen LogP contribution in [-0.2, 0) is 6.42 Å². The van der Waals surface area contributed by atoms with Crippen LogP contribution in [0.1, 0.15) is 46.5 Å². The first-order valence-electron chi connectivity index (χ1n) is 10.7. The summed E-state index contributed by atoms with van der Waals surface area (Å²) in [7, 11) is 1.62. The second-order valence-electron chi connectivity index (χ2n) is 8.17. The van der Waals surface area contributed by atoms with Gasteiger partial charge in [0.1, 0.15) is 23.0 Å². The minimum atomic E-state index is -0.265. The van der Waals surface area contributed by atoms with Crippen LogP contribution >= 0.6 is 0 Å². The number of fused-ring (bicyclic) bond motifs is 1. The number of methoxy groups -OCH3 is 1. The number of aromatic nitrogens is 2. The lowest BCUT2D eigenvalue weighted by atomic mass is 9.97. The Balaban J connectivity index is 1.30. The molecule has 0 bridgehead atoms. The number of amides is 1. The fourth-order valence-corrected chi connectivity index (χ4v) is 4.40. The van der Waals surface area contributed by atoms with Gasteiger partial charge in [0.2, 0.25) is 0 Å². The van der Waals surface area contributed by atoms with Crippen molar-refractivity contribution < 1.29 is 18.3 Å². The predicted molar refractivity (Wildman–Crippen MR) is 118 cm³/mol. The van der Waals surface area contributed by atoms with Gasteiger partial charge in [0.25, 0.3) is 5.91 Å². The number of piperidine rings is 1. The molecule has 2 aromatic carbocycles. The highest BCUT2D eigenvalue weighted by Crippen LogP contribution is 2.30. The smallest absolute Gasteiger partial charge is 0.270 e. The SMILES string of the molecule is COc1cccc2[nH]c(C(=O)N3CCC[C@@H](c4ncc(Cc5cccc(F)c5)o4)C3)cc12. The number of likely N-dealkylation sites (tertiary alicyclic amines) is 1. The van der Waals surface area contributed by atoms with Crippen molar-refractivity contribution in [2.75, 3.05) is 20.2 Å². The van der Waals surface area contributed by atoms with Crippen molar-refractivity contribution in [3.63, 3.8) is 0 Å². The summed E-state index contributed by atoms with van der Waals surface area (Å²) in [5.41, 5.74) is 2.25. The normalized spacial score (nSPS) is 16.4. The van der Waals surface area contributed by atoms with E-state index in [0.717, 1.165) is 35.1 Å². The highest BCUT2D eigenvalue weighted by Gasteiger charge is 2.29. The summed E-state index contributed by atoms with van der Waals surface area (Å²) in [6.45, 7) is 1.24. The summed E-state index contributed by atoms with van der Waals surface area (Å²) in [5, 5.41) is 0.890. The molecule has 4 aromatic rings. The van der Waals surface area contributed by atoms with Crippen molar-refractivity contribution in [2.24, 2.45) is 0 Å². The molecule has 1 saturated heterocycles. The number of rotatable bonds is 5. The topological polar surface area (TPSA) is 71.4 Å². The van der Waals surface area contributed by atoms with Crippen molar-refractivity contribution in [1.29, 1.82) is 0 Å². The van der Waals surface area contributed by atoms with Crippen LogP contribution in [0, 0.1) is 5.82 Å². The third-order valence-electron chi connectivity index (χ3n) is 5.97. The number of hydrogen-bond acceptors (Lipinski definition) is 4. The number of aromatic amines is 1. The third kappa shape index (κ3) is 3.98. The third-order valence-corrected chi connectivity index (χ3v) is 5.97. The van der Waals surface area contributed by atoms with Crippen LogP contribution in [0.3, 0.4) is 0 Å². The fourth-order valence-electron chi connectivity index (χ4n) is 4.40. The molecule has 1 fully saturated rings. The van der Waals surface area contributed by atoms with E-state index >= 15 is 0 Å². The molecule has 1 amide bonds. The number of carbonyl (C=O) groups excluding carboxylic acids is 1. The number of hydrogen-bond donors (Lipinski definition) is 1. The molecule has 0 spiro atoms. The Kier molecular flexibility index (Phi) is 5.39. The van der Waals surface area contributed by atoms with Gasteiger partial charge in [0.05, 0.1) is 19.2 Å². The van der Waals surface area contributed by atoms with E-state index in [1.54, 1.807) is 19.4 Å². The lowest BCUT2D eigenvalue weighted by Gasteiger charge is -2.31. The van der Waals surface area contributed by atoms with Crippen LogP contribution in [0.25, 0.3) is 10.9 Å². The fraction of sp³-hybridized carbons (Fsp3) is 0.280. The molecule has 0 radical (unpaired) electrons. The van der Waals surface area contributed by atoms with Gasteiger partial charge in [-0.2, -0.15) is 0 Å². The van der Waals surface area contributed by atoms with Gasteiger partial charge in [0, 0.05) is 30.4 Å². The van der Waals surface area contributed by atoms with Gasteiger partial charge >= 0.3 is 0 Å². The maximum atomic E-state index is 13.4. The number of nitrogens with one attached hydrogen (secondary N) is 1. The molecule has 1 aliphatic heterocycles. The van der Waals surface area contributed by atoms with Gasteiger partial charge < -0.3 is 19.0 Å². The van der Waals surface area contributed by atoms with Crippen LogP contribution in [-0.4, -0.2) is 41.0 Å². The minimum Gasteiger partial charge on any atom is -0.496 e. The van der Waals surface area contributed by atoms with Crippen molar-refractivity contribution in [3.8, 4) is 5.75 Å². The zero-order valence-electron chi connectivity index (χ0n) is 17.8. The predicted octanol–water partition coefficient (Wildman–Crippen LogP) is 4.91. The van der Waals surface area contributed by atoms with Gasteiger partial charge in [-0.3, -0.25) is 4.79 Å². The molecule has 1 aliphatic rings. The lowest BCUT2D eigenvalue weighted by molar-refractivity contribution is 0.0693. The number of nitrogens with zero attached hydrogens (tertiary/aromatic N) is 2. The highest BCUT2D eigenvalue weighted by molar-refractivity contribution is 5.99. The first kappa shape index (κ1) is 20.3. The van der Waals surface area contributed by atoms with Crippen LogP contribution in [0.4, 0.5) is 4.39 Å². The van der Waals surface area contributed by atoms with Crippen molar-refractivity contribution in [3.05, 3.63) is 83.5 Å². The van der Waals surface area contributed by atoms with Crippen molar-refractivity contribution in [1.82, 2.24) is 14.9 Å². The Morgan fingerprint density at radius 3 is 3.00 bits per heavy atom. The van der Waals surface area contributed by atoms with Gasteiger partial charge in [-0.05, 0) is 48.7 Å². The maximum Gasteiger partial charge on any atom is 0.270 e. The summed E-state index contributed by atoms with van der Waals surface area (Å²) in [6.07, 6.45) is 3.97. The average molecular weight is 433 g/mol. The van der Waals surface area contributed by atoms with Crippen molar-refractivity contribution in [2.45, 2.75) is 25.2 Å². The number of oxazole rings is 1. The average Bonchev–Trinajstić information content (AvgIpc) is 3.46. The van der Waals surface area contributed by atoms with E-state index in [1.165, 1.54) is 12.1 Å². The molecule has 1 N–H and O–H groups in total. The standard InChI is InChI=1S/C25H24FN3O3/c1-31-23-9-3-8-21-20(23)13-22(28-21)25(30)29-10-4-6-17(15-29)24-27-14-19(32-24)12-16-5-2-7-18(26)11-16/h2-3,5,7-9,11,13-14,17,28H,4,6,10,12,15H2,1H3/t17-/m1/s1. The number of halogens is 1. The molecule has 1 atom stereocenters. The van der Waals surface area contributed by atoms with Crippen LogP contribution in [0.5, 0.6) is 5.75 Å². The van der Waals surface area contributed by atoms with Gasteiger partial charge in [-0.25, -0.2) is 9.37 Å². The van der Waals surface area contributed by atoms with E-state index in [9.17, 15) is 9.18 Å². The Morgan fingerprint density at radius 2 is 2.16 bits per heavy atom. The first-order valence-corrected chi connectivity index (χ1v) is 10.7. The van der Waals surface area contributed by atoms with Crippen LogP contribution < -0.4 is 4.74 Å². The molecule has 32 heavy (non-hydrogen) atoms. The Labute approximate surface area is 185 Å². The van der Waals surface area contributed by atoms with E-state index in [-0.39, 0.29) is 17.6 Å². The second kappa shape index (κ2) is 8.49. The summed E-state index contributed by atoms with van der Waals surface area (Å²) in [4.78, 5) is 22.7. The molecule has 0 unspecified atom stereocenters. The summed E-state index contributed by atoms with van der Waals surface area (Å²) < 4.78 is 24.8. The van der Waals surface area contributed by atoms with E-state index in [4.69, 9.17) is 9.15 Å². The van der Waals surface area contributed by atoms with E-state index in [2.05, 4.69) is 9.97 Å². The summed E-state index contributed by atoms with van der Waals surface area (Å²) in [5.74, 6) is 1.79. The van der Waals surface area contributed by atoms with E-state index in [0.29, 0.717) is 36.9 Å². The van der Waals surface area contributed by atoms with Crippen LogP contribution in [0.15, 0.2) is 59.1 Å². The largest absolute Gasteiger partial charge is 0.496 e.